The van der Waals surface area contributed by atoms with E-state index in [4.69, 9.17) is 9.47 Å². The third-order valence-electron chi connectivity index (χ3n) is 4.72. The molecule has 1 aliphatic rings. The van der Waals surface area contributed by atoms with Crippen LogP contribution in [0.4, 0.5) is 0 Å². The Morgan fingerprint density at radius 2 is 2.00 bits per heavy atom. The molecule has 0 fully saturated rings. The van der Waals surface area contributed by atoms with Gasteiger partial charge in [-0.1, -0.05) is 12.1 Å². The summed E-state index contributed by atoms with van der Waals surface area (Å²) < 4.78 is 12.5. The highest BCUT2D eigenvalue weighted by Gasteiger charge is 2.21. The Labute approximate surface area is 172 Å². The van der Waals surface area contributed by atoms with Gasteiger partial charge in [-0.15, -0.1) is 23.1 Å². The van der Waals surface area contributed by atoms with Crippen molar-refractivity contribution in [2.45, 2.75) is 24.3 Å². The molecule has 1 aliphatic heterocycles. The van der Waals surface area contributed by atoms with Crippen molar-refractivity contribution in [1.82, 2.24) is 9.88 Å². The van der Waals surface area contributed by atoms with E-state index in [0.29, 0.717) is 19.0 Å². The first-order valence-electron chi connectivity index (χ1n) is 9.25. The van der Waals surface area contributed by atoms with E-state index in [2.05, 4.69) is 11.1 Å². The van der Waals surface area contributed by atoms with E-state index in [-0.39, 0.29) is 11.9 Å². The maximum absolute atomic E-state index is 12.7. The van der Waals surface area contributed by atoms with Crippen LogP contribution in [-0.4, -0.2) is 41.8 Å². The van der Waals surface area contributed by atoms with Crippen molar-refractivity contribution in [3.05, 3.63) is 47.5 Å². The number of hydrogen-bond acceptors (Lipinski definition) is 6. The number of aromatic nitrogens is 1. The van der Waals surface area contributed by atoms with Gasteiger partial charge >= 0.3 is 0 Å². The molecule has 1 aromatic heterocycles. The van der Waals surface area contributed by atoms with Crippen LogP contribution in [0.1, 0.15) is 24.4 Å². The summed E-state index contributed by atoms with van der Waals surface area (Å²) in [6.07, 6.45) is 0.879. The maximum atomic E-state index is 12.7. The van der Waals surface area contributed by atoms with Gasteiger partial charge in [-0.2, -0.15) is 0 Å². The summed E-state index contributed by atoms with van der Waals surface area (Å²) in [6, 6.07) is 13.8. The fraction of sp³-hybridized carbons (Fsp3) is 0.333. The van der Waals surface area contributed by atoms with Crippen molar-refractivity contribution >= 4 is 39.2 Å². The molecule has 1 amide bonds. The number of nitrogens with zero attached hydrogens (tertiary/aromatic N) is 2. The highest BCUT2D eigenvalue weighted by atomic mass is 32.2. The number of ether oxygens (including phenoxy) is 2. The van der Waals surface area contributed by atoms with Gasteiger partial charge in [0, 0.05) is 18.4 Å². The molecule has 4 rings (SSSR count). The minimum Gasteiger partial charge on any atom is -0.490 e. The van der Waals surface area contributed by atoms with Gasteiger partial charge in [-0.25, -0.2) is 4.98 Å². The van der Waals surface area contributed by atoms with Crippen molar-refractivity contribution in [2.24, 2.45) is 0 Å². The first-order valence-corrected chi connectivity index (χ1v) is 11.1. The van der Waals surface area contributed by atoms with Crippen LogP contribution in [-0.2, 0) is 4.79 Å². The second-order valence-corrected chi connectivity index (χ2v) is 8.76. The van der Waals surface area contributed by atoms with Crippen LogP contribution in [0.5, 0.6) is 11.5 Å². The molecule has 0 saturated heterocycles. The molecule has 0 bridgehead atoms. The van der Waals surface area contributed by atoms with Crippen molar-refractivity contribution in [3.63, 3.8) is 0 Å². The number of carbonyl (C=O) groups excluding carboxylic acids is 1. The number of amides is 1. The van der Waals surface area contributed by atoms with Gasteiger partial charge in [0.15, 0.2) is 11.5 Å². The van der Waals surface area contributed by atoms with Gasteiger partial charge in [0.2, 0.25) is 5.91 Å². The molecule has 0 radical (unpaired) electrons. The number of rotatable bonds is 5. The van der Waals surface area contributed by atoms with Crippen LogP contribution in [0, 0.1) is 0 Å². The Balaban J connectivity index is 1.39. The summed E-state index contributed by atoms with van der Waals surface area (Å²) in [4.78, 5) is 20.2. The SMILES string of the molecule is C[C@H](c1nc2ccccc2s1)N(C)C(=O)CSc1ccc2c(c1)OCCCO2. The first-order chi connectivity index (χ1) is 13.6. The molecule has 0 aliphatic carbocycles. The number of carbonyl (C=O) groups is 1. The quantitative estimate of drug-likeness (QED) is 0.563. The molecule has 0 saturated carbocycles. The molecule has 28 heavy (non-hydrogen) atoms. The topological polar surface area (TPSA) is 51.7 Å². The van der Waals surface area contributed by atoms with E-state index in [9.17, 15) is 4.79 Å². The van der Waals surface area contributed by atoms with Crippen LogP contribution < -0.4 is 9.47 Å². The molecule has 2 aromatic carbocycles. The van der Waals surface area contributed by atoms with Crippen molar-refractivity contribution < 1.29 is 14.3 Å². The lowest BCUT2D eigenvalue weighted by molar-refractivity contribution is -0.128. The van der Waals surface area contributed by atoms with Crippen LogP contribution >= 0.6 is 23.1 Å². The summed E-state index contributed by atoms with van der Waals surface area (Å²) in [7, 11) is 1.84. The standard InChI is InChI=1S/C21H22N2O3S2/c1-14(21-22-16-6-3-4-7-19(16)28-21)23(2)20(24)13-27-15-8-9-17-18(12-15)26-11-5-10-25-17/h3-4,6-9,12,14H,5,10-11,13H2,1-2H3/t14-/m1/s1. The zero-order valence-electron chi connectivity index (χ0n) is 15.9. The first kappa shape index (κ1) is 19.1. The summed E-state index contributed by atoms with van der Waals surface area (Å²) >= 11 is 3.15. The fourth-order valence-corrected chi connectivity index (χ4v) is 4.84. The molecule has 3 aromatic rings. The average molecular weight is 415 g/mol. The van der Waals surface area contributed by atoms with Crippen molar-refractivity contribution in [2.75, 3.05) is 26.0 Å². The molecule has 7 heteroatoms. The molecule has 0 spiro atoms. The monoisotopic (exact) mass is 414 g/mol. The van der Waals surface area contributed by atoms with E-state index < -0.39 is 0 Å². The third kappa shape index (κ3) is 4.10. The smallest absolute Gasteiger partial charge is 0.233 e. The molecule has 2 heterocycles. The minimum atomic E-state index is -0.0609. The molecule has 1 atom stereocenters. The van der Waals surface area contributed by atoms with E-state index in [1.54, 1.807) is 16.2 Å². The Hall–Kier alpha value is -2.25. The fourth-order valence-electron chi connectivity index (χ4n) is 2.93. The number of para-hydroxylation sites is 1. The average Bonchev–Trinajstić information content (AvgIpc) is 3.02. The van der Waals surface area contributed by atoms with Gasteiger partial charge in [0.25, 0.3) is 0 Å². The predicted octanol–water partition coefficient (Wildman–Crippen LogP) is 4.77. The third-order valence-corrected chi connectivity index (χ3v) is 6.91. The van der Waals surface area contributed by atoms with Crippen LogP contribution in [0.2, 0.25) is 0 Å². The van der Waals surface area contributed by atoms with Gasteiger partial charge in [0.1, 0.15) is 5.01 Å². The summed E-state index contributed by atoms with van der Waals surface area (Å²) in [5, 5.41) is 0.956. The van der Waals surface area contributed by atoms with Crippen molar-refractivity contribution in [3.8, 4) is 11.5 Å². The Kier molecular flexibility index (Phi) is 5.73. The number of thioether (sulfide) groups is 1. The second kappa shape index (κ2) is 8.41. The van der Waals surface area contributed by atoms with Gasteiger partial charge < -0.3 is 14.4 Å². The molecule has 5 nitrogen and oxygen atoms in total. The lowest BCUT2D eigenvalue weighted by atomic mass is 10.3. The highest BCUT2D eigenvalue weighted by molar-refractivity contribution is 8.00. The lowest BCUT2D eigenvalue weighted by Crippen LogP contribution is -2.31. The van der Waals surface area contributed by atoms with Gasteiger partial charge in [0.05, 0.1) is 35.2 Å². The predicted molar refractivity (Wildman–Crippen MR) is 114 cm³/mol. The van der Waals surface area contributed by atoms with E-state index >= 15 is 0 Å². The Morgan fingerprint density at radius 3 is 2.82 bits per heavy atom. The van der Waals surface area contributed by atoms with Gasteiger partial charge in [-0.3, -0.25) is 4.79 Å². The molecular formula is C21H22N2O3S2. The maximum Gasteiger partial charge on any atom is 0.233 e. The normalized spacial score (nSPS) is 14.5. The number of hydrogen-bond donors (Lipinski definition) is 0. The van der Waals surface area contributed by atoms with Crippen LogP contribution in [0.3, 0.4) is 0 Å². The number of thiazole rings is 1. The highest BCUT2D eigenvalue weighted by Crippen LogP contribution is 2.34. The molecule has 146 valence electrons. The molecule has 0 unspecified atom stereocenters. The summed E-state index contributed by atoms with van der Waals surface area (Å²) in [6.45, 7) is 3.35. The largest absolute Gasteiger partial charge is 0.490 e. The Morgan fingerprint density at radius 1 is 1.21 bits per heavy atom. The minimum absolute atomic E-state index is 0.0609. The summed E-state index contributed by atoms with van der Waals surface area (Å²) in [5.74, 6) is 1.97. The zero-order chi connectivity index (χ0) is 19.5. The number of fused-ring (bicyclic) bond motifs is 2. The van der Waals surface area contributed by atoms with E-state index in [0.717, 1.165) is 38.0 Å². The second-order valence-electron chi connectivity index (χ2n) is 6.65. The Bertz CT molecular complexity index is 956. The van der Waals surface area contributed by atoms with Crippen molar-refractivity contribution in [1.29, 1.82) is 0 Å². The van der Waals surface area contributed by atoms with Crippen LogP contribution in [0.25, 0.3) is 10.2 Å². The zero-order valence-corrected chi connectivity index (χ0v) is 17.5. The van der Waals surface area contributed by atoms with E-state index in [1.807, 2.05) is 50.4 Å². The summed E-state index contributed by atoms with van der Waals surface area (Å²) in [5.41, 5.74) is 0.983. The number of benzene rings is 2. The lowest BCUT2D eigenvalue weighted by Gasteiger charge is -2.23. The van der Waals surface area contributed by atoms with E-state index in [1.165, 1.54) is 11.8 Å². The van der Waals surface area contributed by atoms with Gasteiger partial charge in [-0.05, 0) is 37.3 Å². The molecular weight excluding hydrogens is 392 g/mol. The molecule has 0 N–H and O–H groups in total. The van der Waals surface area contributed by atoms with Crippen LogP contribution in [0.15, 0.2) is 47.4 Å².